The van der Waals surface area contributed by atoms with Gasteiger partial charge in [-0.2, -0.15) is 17.5 Å². The molecular formula is C20H22F3N3O4S. The first-order valence-electron chi connectivity index (χ1n) is 9.46. The highest BCUT2D eigenvalue weighted by molar-refractivity contribution is 7.89. The van der Waals surface area contributed by atoms with Gasteiger partial charge in [-0.15, -0.1) is 0 Å². The van der Waals surface area contributed by atoms with Crippen LogP contribution in [0.2, 0.25) is 0 Å². The standard InChI is InChI=1S/C20H22F3N3O4S/c1-13-11-26(12-14(2)30-13)31(28,29)16-9-7-15(8-10-16)19(27)25-24-18-6-4-3-5-17(18)20(21,22)23/h3-10,13-14,24H,11-12H2,1-2H3,(H,25,27). The minimum absolute atomic E-state index is 0.0146. The van der Waals surface area contributed by atoms with Gasteiger partial charge in [0.1, 0.15) is 0 Å². The summed E-state index contributed by atoms with van der Waals surface area (Å²) in [5, 5.41) is 0. The van der Waals surface area contributed by atoms with Crippen molar-refractivity contribution < 1.29 is 31.1 Å². The number of amides is 1. The minimum Gasteiger partial charge on any atom is -0.373 e. The van der Waals surface area contributed by atoms with Gasteiger partial charge in [-0.3, -0.25) is 15.6 Å². The van der Waals surface area contributed by atoms with Gasteiger partial charge in [-0.25, -0.2) is 8.42 Å². The third-order valence-electron chi connectivity index (χ3n) is 4.68. The van der Waals surface area contributed by atoms with E-state index in [0.29, 0.717) is 0 Å². The number of morpholine rings is 1. The molecule has 2 atom stereocenters. The number of ether oxygens (including phenoxy) is 1. The summed E-state index contributed by atoms with van der Waals surface area (Å²) in [5.41, 5.74) is 3.31. The zero-order valence-electron chi connectivity index (χ0n) is 16.8. The average molecular weight is 457 g/mol. The predicted octanol–water partition coefficient (Wildman–Crippen LogP) is 3.26. The lowest BCUT2D eigenvalue weighted by Crippen LogP contribution is -2.48. The average Bonchev–Trinajstić information content (AvgIpc) is 2.71. The molecule has 0 aliphatic carbocycles. The Hall–Kier alpha value is -2.63. The summed E-state index contributed by atoms with van der Waals surface area (Å²) in [6, 6.07) is 9.89. The van der Waals surface area contributed by atoms with Crippen molar-refractivity contribution in [3.8, 4) is 0 Å². The van der Waals surface area contributed by atoms with E-state index in [9.17, 15) is 26.4 Å². The molecule has 1 aliphatic rings. The molecule has 7 nitrogen and oxygen atoms in total. The van der Waals surface area contributed by atoms with Crippen molar-refractivity contribution in [1.82, 2.24) is 9.73 Å². The molecule has 2 aromatic carbocycles. The molecular weight excluding hydrogens is 435 g/mol. The molecule has 2 N–H and O–H groups in total. The van der Waals surface area contributed by atoms with Gasteiger partial charge in [-0.1, -0.05) is 12.1 Å². The molecule has 31 heavy (non-hydrogen) atoms. The van der Waals surface area contributed by atoms with Crippen LogP contribution in [0.4, 0.5) is 18.9 Å². The molecule has 1 fully saturated rings. The van der Waals surface area contributed by atoms with Crippen LogP contribution in [0.3, 0.4) is 0 Å². The zero-order valence-corrected chi connectivity index (χ0v) is 17.6. The first-order chi connectivity index (χ1) is 14.5. The second kappa shape index (κ2) is 8.85. The summed E-state index contributed by atoms with van der Waals surface area (Å²) < 4.78 is 71.7. The number of benzene rings is 2. The Morgan fingerprint density at radius 1 is 1.03 bits per heavy atom. The Morgan fingerprint density at radius 3 is 2.19 bits per heavy atom. The van der Waals surface area contributed by atoms with Crippen molar-refractivity contribution in [2.75, 3.05) is 18.5 Å². The van der Waals surface area contributed by atoms with Crippen LogP contribution >= 0.6 is 0 Å². The molecule has 0 radical (unpaired) electrons. The van der Waals surface area contributed by atoms with E-state index < -0.39 is 27.7 Å². The van der Waals surface area contributed by atoms with Gasteiger partial charge >= 0.3 is 6.18 Å². The summed E-state index contributed by atoms with van der Waals surface area (Å²) >= 11 is 0. The number of nitrogens with zero attached hydrogens (tertiary/aromatic N) is 1. The van der Waals surface area contributed by atoms with Crippen LogP contribution < -0.4 is 10.9 Å². The van der Waals surface area contributed by atoms with Gasteiger partial charge in [0.05, 0.1) is 28.4 Å². The predicted molar refractivity (Wildman–Crippen MR) is 108 cm³/mol. The van der Waals surface area contributed by atoms with Crippen LogP contribution in [-0.2, 0) is 20.9 Å². The Kier molecular flexibility index (Phi) is 6.58. The first-order valence-corrected chi connectivity index (χ1v) is 10.9. The van der Waals surface area contributed by atoms with E-state index in [1.807, 2.05) is 0 Å². The van der Waals surface area contributed by atoms with Crippen LogP contribution in [0.1, 0.15) is 29.8 Å². The highest BCUT2D eigenvalue weighted by Crippen LogP contribution is 2.34. The van der Waals surface area contributed by atoms with Gasteiger partial charge in [0, 0.05) is 18.7 Å². The number of alkyl halides is 3. The number of carbonyl (C=O) groups is 1. The van der Waals surface area contributed by atoms with E-state index in [1.165, 1.54) is 46.8 Å². The Morgan fingerprint density at radius 2 is 1.61 bits per heavy atom. The van der Waals surface area contributed by atoms with E-state index in [0.717, 1.165) is 6.07 Å². The van der Waals surface area contributed by atoms with Gasteiger partial charge in [0.25, 0.3) is 5.91 Å². The van der Waals surface area contributed by atoms with E-state index in [2.05, 4.69) is 10.9 Å². The van der Waals surface area contributed by atoms with Gasteiger partial charge in [0.2, 0.25) is 10.0 Å². The van der Waals surface area contributed by atoms with Crippen LogP contribution in [0.25, 0.3) is 0 Å². The number of hydrogen-bond acceptors (Lipinski definition) is 5. The lowest BCUT2D eigenvalue weighted by Gasteiger charge is -2.34. The second-order valence-corrected chi connectivity index (χ2v) is 9.16. The molecule has 0 saturated carbocycles. The third kappa shape index (κ3) is 5.35. The van der Waals surface area contributed by atoms with Crippen LogP contribution in [-0.4, -0.2) is 43.9 Å². The number of hydrogen-bond donors (Lipinski definition) is 2. The van der Waals surface area contributed by atoms with E-state index in [-0.39, 0.29) is 41.4 Å². The van der Waals surface area contributed by atoms with E-state index in [4.69, 9.17) is 4.74 Å². The molecule has 0 bridgehead atoms. The van der Waals surface area contributed by atoms with Gasteiger partial charge in [0.15, 0.2) is 0 Å². The number of nitrogens with one attached hydrogen (secondary N) is 2. The zero-order chi connectivity index (χ0) is 22.8. The monoisotopic (exact) mass is 457 g/mol. The maximum atomic E-state index is 13.0. The highest BCUT2D eigenvalue weighted by Gasteiger charge is 2.34. The van der Waals surface area contributed by atoms with Crippen molar-refractivity contribution in [1.29, 1.82) is 0 Å². The molecule has 1 saturated heterocycles. The van der Waals surface area contributed by atoms with E-state index >= 15 is 0 Å². The van der Waals surface area contributed by atoms with Crippen molar-refractivity contribution >= 4 is 21.6 Å². The molecule has 0 aromatic heterocycles. The fraction of sp³-hybridized carbons (Fsp3) is 0.350. The molecule has 168 valence electrons. The molecule has 1 aliphatic heterocycles. The molecule has 0 spiro atoms. The number of rotatable bonds is 5. The minimum atomic E-state index is -4.58. The first kappa shape index (κ1) is 23.0. The summed E-state index contributed by atoms with van der Waals surface area (Å²) in [5.74, 6) is -0.713. The number of para-hydroxylation sites is 1. The lowest BCUT2D eigenvalue weighted by atomic mass is 10.2. The van der Waals surface area contributed by atoms with Crippen LogP contribution in [0.5, 0.6) is 0 Å². The summed E-state index contributed by atoms with van der Waals surface area (Å²) in [4.78, 5) is 12.3. The second-order valence-electron chi connectivity index (χ2n) is 7.23. The number of hydrazine groups is 1. The SMILES string of the molecule is CC1CN(S(=O)(=O)c2ccc(C(=O)NNc3ccccc3C(F)(F)F)cc2)CC(C)O1. The number of halogens is 3. The quantitative estimate of drug-likeness (QED) is 0.673. The summed E-state index contributed by atoms with van der Waals surface area (Å²) in [6.07, 6.45) is -5.07. The van der Waals surface area contributed by atoms with Gasteiger partial charge < -0.3 is 4.74 Å². The number of sulfonamides is 1. The van der Waals surface area contributed by atoms with E-state index in [1.54, 1.807) is 13.8 Å². The molecule has 2 aromatic rings. The summed E-state index contributed by atoms with van der Waals surface area (Å²) in [7, 11) is -3.77. The third-order valence-corrected chi connectivity index (χ3v) is 6.53. The maximum Gasteiger partial charge on any atom is 0.418 e. The highest BCUT2D eigenvalue weighted by atomic mass is 32.2. The van der Waals surface area contributed by atoms with Crippen molar-refractivity contribution in [2.24, 2.45) is 0 Å². The van der Waals surface area contributed by atoms with Crippen molar-refractivity contribution in [2.45, 2.75) is 37.1 Å². The van der Waals surface area contributed by atoms with Crippen LogP contribution in [0, 0.1) is 0 Å². The molecule has 2 unspecified atom stereocenters. The topological polar surface area (TPSA) is 87.7 Å². The van der Waals surface area contributed by atoms with Crippen molar-refractivity contribution in [3.05, 3.63) is 59.7 Å². The fourth-order valence-electron chi connectivity index (χ4n) is 3.29. The fourth-order valence-corrected chi connectivity index (χ4v) is 4.88. The Bertz CT molecular complexity index is 1030. The summed E-state index contributed by atoms with van der Waals surface area (Å²) in [6.45, 7) is 4.01. The molecule has 11 heteroatoms. The van der Waals surface area contributed by atoms with Crippen LogP contribution in [0.15, 0.2) is 53.4 Å². The number of carbonyl (C=O) groups excluding carboxylic acids is 1. The maximum absolute atomic E-state index is 13.0. The normalized spacial score (nSPS) is 20.3. The lowest BCUT2D eigenvalue weighted by molar-refractivity contribution is -0.137. The molecule has 1 amide bonds. The Balaban J connectivity index is 1.70. The van der Waals surface area contributed by atoms with Gasteiger partial charge in [-0.05, 0) is 50.2 Å². The smallest absolute Gasteiger partial charge is 0.373 e. The molecule has 3 rings (SSSR count). The number of anilines is 1. The largest absolute Gasteiger partial charge is 0.418 e. The Labute approximate surface area is 178 Å². The molecule has 1 heterocycles. The van der Waals surface area contributed by atoms with Crippen molar-refractivity contribution in [3.63, 3.8) is 0 Å².